The summed E-state index contributed by atoms with van der Waals surface area (Å²) in [5.41, 5.74) is 2.39. The Labute approximate surface area is 183 Å². The van der Waals surface area contributed by atoms with Crippen molar-refractivity contribution >= 4 is 12.4 Å². The molecule has 7 nitrogen and oxygen atoms in total. The summed E-state index contributed by atoms with van der Waals surface area (Å²) in [5, 5.41) is 6.89. The average Bonchev–Trinajstić information content (AvgIpc) is 3.65. The van der Waals surface area contributed by atoms with E-state index in [4.69, 9.17) is 19.4 Å². The molecule has 2 aliphatic rings. The quantitative estimate of drug-likeness (QED) is 0.684. The number of carboxylic acid groups (broad SMARTS) is 1. The van der Waals surface area contributed by atoms with Crippen LogP contribution in [-0.4, -0.2) is 53.7 Å². The number of rotatable bonds is 7. The topological polar surface area (TPSA) is 89.0 Å². The van der Waals surface area contributed by atoms with Crippen LogP contribution in [0.2, 0.25) is 0 Å². The molecule has 0 bridgehead atoms. The first-order valence-electron chi connectivity index (χ1n) is 10.6. The first-order chi connectivity index (χ1) is 15.1. The number of piperidine rings is 1. The largest absolute Gasteiger partial charge is 0.497 e. The number of carbonyl (C=O) groups is 2. The van der Waals surface area contributed by atoms with Gasteiger partial charge in [-0.2, -0.15) is 0 Å². The zero-order valence-electron chi connectivity index (χ0n) is 17.9. The maximum absolute atomic E-state index is 12.6. The Hall–Kier alpha value is -2.93. The van der Waals surface area contributed by atoms with Crippen molar-refractivity contribution in [2.75, 3.05) is 20.2 Å². The number of nitrogens with zero attached hydrogens (tertiary/aromatic N) is 2. The summed E-state index contributed by atoms with van der Waals surface area (Å²) in [5.74, 6) is 1.78. The van der Waals surface area contributed by atoms with Gasteiger partial charge in [0.15, 0.2) is 0 Å². The predicted molar refractivity (Wildman–Crippen MR) is 116 cm³/mol. The molecule has 0 radical (unpaired) electrons. The Morgan fingerprint density at radius 1 is 1.13 bits per heavy atom. The van der Waals surface area contributed by atoms with Crippen molar-refractivity contribution < 1.29 is 24.2 Å². The molecule has 0 spiro atoms. The summed E-state index contributed by atoms with van der Waals surface area (Å²) in [6.45, 7) is 1.92. The van der Waals surface area contributed by atoms with Crippen molar-refractivity contribution in [2.24, 2.45) is 11.8 Å². The zero-order chi connectivity index (χ0) is 22.1. The lowest BCUT2D eigenvalue weighted by molar-refractivity contribution is -0.138. The summed E-state index contributed by atoms with van der Waals surface area (Å²) in [6, 6.07) is 12.2. The SMILES string of the molecule is COc1ccc(C[C@@H]2CN(C(=O)C3CC3)CC[C@H]2OCc2ccncc2)cc1.O=CO. The molecular weight excluding hydrogens is 396 g/mol. The molecule has 1 N–H and O–H groups in total. The highest BCUT2D eigenvalue weighted by Crippen LogP contribution is 2.34. The molecule has 2 atom stereocenters. The summed E-state index contributed by atoms with van der Waals surface area (Å²) in [6.07, 6.45) is 7.65. The molecule has 1 aliphatic heterocycles. The Kier molecular flexibility index (Phi) is 8.41. The highest BCUT2D eigenvalue weighted by Gasteiger charge is 2.38. The van der Waals surface area contributed by atoms with Crippen molar-refractivity contribution in [1.82, 2.24) is 9.88 Å². The number of aromatic nitrogens is 1. The molecular formula is C24H30N2O5. The zero-order valence-corrected chi connectivity index (χ0v) is 17.9. The van der Waals surface area contributed by atoms with Gasteiger partial charge < -0.3 is 19.5 Å². The van der Waals surface area contributed by atoms with Gasteiger partial charge in [0.1, 0.15) is 5.75 Å². The number of ether oxygens (including phenoxy) is 2. The van der Waals surface area contributed by atoms with E-state index in [2.05, 4.69) is 22.0 Å². The number of benzene rings is 1. The second-order valence-electron chi connectivity index (χ2n) is 7.97. The fraction of sp³-hybridized carbons (Fsp3) is 0.458. The number of hydrogen-bond acceptors (Lipinski definition) is 5. The van der Waals surface area contributed by atoms with E-state index in [9.17, 15) is 4.79 Å². The third kappa shape index (κ3) is 6.79. The van der Waals surface area contributed by atoms with Gasteiger partial charge in [0, 0.05) is 37.3 Å². The van der Waals surface area contributed by atoms with Gasteiger partial charge in [0.05, 0.1) is 19.8 Å². The van der Waals surface area contributed by atoms with Crippen molar-refractivity contribution in [1.29, 1.82) is 0 Å². The highest BCUT2D eigenvalue weighted by atomic mass is 16.5. The average molecular weight is 427 g/mol. The number of pyridine rings is 1. The number of carbonyl (C=O) groups excluding carboxylic acids is 1. The summed E-state index contributed by atoms with van der Waals surface area (Å²) < 4.78 is 11.6. The van der Waals surface area contributed by atoms with E-state index in [1.807, 2.05) is 24.3 Å². The minimum absolute atomic E-state index is 0.151. The van der Waals surface area contributed by atoms with Gasteiger partial charge in [0.25, 0.3) is 6.47 Å². The van der Waals surface area contributed by atoms with Crippen LogP contribution in [0.1, 0.15) is 30.4 Å². The minimum atomic E-state index is -0.250. The summed E-state index contributed by atoms with van der Waals surface area (Å²) in [7, 11) is 1.68. The van der Waals surface area contributed by atoms with Gasteiger partial charge >= 0.3 is 0 Å². The van der Waals surface area contributed by atoms with E-state index in [0.29, 0.717) is 18.4 Å². The molecule has 2 fully saturated rings. The monoisotopic (exact) mass is 426 g/mol. The molecule has 1 amide bonds. The lowest BCUT2D eigenvalue weighted by atomic mass is 9.88. The standard InChI is InChI=1S/C23H28N2O3.CH2O2/c1-27-21-6-2-17(3-7-21)14-20-15-25(23(26)19-4-5-19)13-10-22(20)28-16-18-8-11-24-12-9-18;2-1-3/h2-3,6-9,11-12,19-20,22H,4-5,10,13-16H2,1H3;1H,(H,2,3)/t20-,22-;/m1./s1. The van der Waals surface area contributed by atoms with Crippen LogP contribution in [0.3, 0.4) is 0 Å². The van der Waals surface area contributed by atoms with E-state index < -0.39 is 0 Å². The fourth-order valence-electron chi connectivity index (χ4n) is 3.96. The van der Waals surface area contributed by atoms with E-state index in [1.54, 1.807) is 19.5 Å². The van der Waals surface area contributed by atoms with Crippen molar-refractivity contribution in [2.45, 2.75) is 38.4 Å². The lowest BCUT2D eigenvalue weighted by Gasteiger charge is -2.39. The van der Waals surface area contributed by atoms with E-state index >= 15 is 0 Å². The molecule has 2 aromatic rings. The number of hydrogen-bond donors (Lipinski definition) is 1. The smallest absolute Gasteiger partial charge is 0.290 e. The number of amides is 1. The Balaban J connectivity index is 0.000000858. The van der Waals surface area contributed by atoms with Crippen molar-refractivity contribution in [3.05, 3.63) is 59.9 Å². The van der Waals surface area contributed by atoms with Crippen LogP contribution in [0.15, 0.2) is 48.8 Å². The van der Waals surface area contributed by atoms with Crippen LogP contribution in [0.25, 0.3) is 0 Å². The maximum Gasteiger partial charge on any atom is 0.290 e. The molecule has 1 saturated heterocycles. The molecule has 1 aliphatic carbocycles. The van der Waals surface area contributed by atoms with Crippen molar-refractivity contribution in [3.63, 3.8) is 0 Å². The van der Waals surface area contributed by atoms with Crippen LogP contribution >= 0.6 is 0 Å². The van der Waals surface area contributed by atoms with E-state index in [1.165, 1.54) is 5.56 Å². The Morgan fingerprint density at radius 2 is 1.81 bits per heavy atom. The van der Waals surface area contributed by atoms with Crippen LogP contribution in [0.5, 0.6) is 5.75 Å². The van der Waals surface area contributed by atoms with Crippen LogP contribution in [-0.2, 0) is 27.4 Å². The predicted octanol–water partition coefficient (Wildman–Crippen LogP) is 3.18. The van der Waals surface area contributed by atoms with Crippen LogP contribution < -0.4 is 4.74 Å². The van der Waals surface area contributed by atoms with Gasteiger partial charge in [-0.05, 0) is 61.1 Å². The minimum Gasteiger partial charge on any atom is -0.497 e. The molecule has 0 unspecified atom stereocenters. The number of methoxy groups -OCH3 is 1. The van der Waals surface area contributed by atoms with Crippen LogP contribution in [0, 0.1) is 11.8 Å². The Bertz CT molecular complexity index is 824. The van der Waals surface area contributed by atoms with Gasteiger partial charge in [-0.25, -0.2) is 0 Å². The van der Waals surface area contributed by atoms with Crippen molar-refractivity contribution in [3.8, 4) is 5.75 Å². The van der Waals surface area contributed by atoms with E-state index in [0.717, 1.165) is 50.1 Å². The lowest BCUT2D eigenvalue weighted by Crippen LogP contribution is -2.48. The second kappa shape index (κ2) is 11.5. The van der Waals surface area contributed by atoms with Gasteiger partial charge in [-0.3, -0.25) is 14.6 Å². The third-order valence-corrected chi connectivity index (χ3v) is 5.77. The fourth-order valence-corrected chi connectivity index (χ4v) is 3.96. The van der Waals surface area contributed by atoms with Crippen LogP contribution in [0.4, 0.5) is 0 Å². The summed E-state index contributed by atoms with van der Waals surface area (Å²) in [4.78, 5) is 27.1. The van der Waals surface area contributed by atoms with Gasteiger partial charge in [-0.15, -0.1) is 0 Å². The first kappa shape index (κ1) is 22.7. The van der Waals surface area contributed by atoms with Gasteiger partial charge in [-0.1, -0.05) is 12.1 Å². The molecule has 7 heteroatoms. The third-order valence-electron chi connectivity index (χ3n) is 5.77. The maximum atomic E-state index is 12.6. The molecule has 1 aromatic heterocycles. The van der Waals surface area contributed by atoms with Gasteiger partial charge in [0.2, 0.25) is 5.91 Å². The molecule has 1 saturated carbocycles. The molecule has 4 rings (SSSR count). The number of likely N-dealkylation sites (tertiary alicyclic amines) is 1. The highest BCUT2D eigenvalue weighted by molar-refractivity contribution is 5.81. The first-order valence-corrected chi connectivity index (χ1v) is 10.6. The molecule has 166 valence electrons. The van der Waals surface area contributed by atoms with E-state index in [-0.39, 0.29) is 18.5 Å². The second-order valence-corrected chi connectivity index (χ2v) is 7.97. The molecule has 1 aromatic carbocycles. The normalized spacial score (nSPS) is 20.4. The Morgan fingerprint density at radius 3 is 2.42 bits per heavy atom. The summed E-state index contributed by atoms with van der Waals surface area (Å²) >= 11 is 0. The molecule has 2 heterocycles. The molecule has 31 heavy (non-hydrogen) atoms.